The highest BCUT2D eigenvalue weighted by Crippen LogP contribution is 2.24. The molecule has 2 N–H and O–H groups in total. The van der Waals surface area contributed by atoms with Crippen molar-refractivity contribution in [2.45, 2.75) is 20.3 Å². The van der Waals surface area contributed by atoms with Crippen LogP contribution in [0.15, 0.2) is 46.9 Å². The van der Waals surface area contributed by atoms with Gasteiger partial charge in [0.15, 0.2) is 0 Å². The van der Waals surface area contributed by atoms with Crippen LogP contribution in [0, 0.1) is 13.8 Å². The van der Waals surface area contributed by atoms with Crippen molar-refractivity contribution in [2.24, 2.45) is 5.10 Å². The van der Waals surface area contributed by atoms with Gasteiger partial charge in [0.1, 0.15) is 0 Å². The first kappa shape index (κ1) is 19.9. The summed E-state index contributed by atoms with van der Waals surface area (Å²) in [5, 5.41) is 15.4. The van der Waals surface area contributed by atoms with Crippen LogP contribution in [0.25, 0.3) is 5.69 Å². The van der Waals surface area contributed by atoms with Gasteiger partial charge in [-0.25, -0.2) is 10.2 Å². The van der Waals surface area contributed by atoms with Gasteiger partial charge in [-0.05, 0) is 49.6 Å². The molecule has 144 valence electrons. The van der Waals surface area contributed by atoms with Gasteiger partial charge in [-0.3, -0.25) is 4.79 Å². The SMILES string of the molecule is Cc1cc(/C=N\NC(=O)Cc2cccs2)c(C)n1-c1ccc(Cl)c(C(=O)O)c1. The maximum atomic E-state index is 11.9. The predicted octanol–water partition coefficient (Wildman–Crippen LogP) is 4.20. The van der Waals surface area contributed by atoms with Gasteiger partial charge in [-0.2, -0.15) is 5.10 Å². The smallest absolute Gasteiger partial charge is 0.337 e. The Morgan fingerprint density at radius 3 is 2.75 bits per heavy atom. The summed E-state index contributed by atoms with van der Waals surface area (Å²) in [7, 11) is 0. The highest BCUT2D eigenvalue weighted by atomic mass is 35.5. The largest absolute Gasteiger partial charge is 0.478 e. The molecule has 28 heavy (non-hydrogen) atoms. The lowest BCUT2D eigenvalue weighted by molar-refractivity contribution is -0.120. The van der Waals surface area contributed by atoms with E-state index in [2.05, 4.69) is 10.5 Å². The van der Waals surface area contributed by atoms with Crippen molar-refractivity contribution in [2.75, 3.05) is 0 Å². The molecule has 0 fully saturated rings. The number of carboxylic acids is 1. The molecule has 0 bridgehead atoms. The average Bonchev–Trinajstić information content (AvgIpc) is 3.24. The minimum Gasteiger partial charge on any atom is -0.478 e. The molecule has 0 saturated heterocycles. The summed E-state index contributed by atoms with van der Waals surface area (Å²) in [5.74, 6) is -1.26. The lowest BCUT2D eigenvalue weighted by Gasteiger charge is -2.11. The van der Waals surface area contributed by atoms with Crippen molar-refractivity contribution in [1.29, 1.82) is 0 Å². The van der Waals surface area contributed by atoms with Crippen molar-refractivity contribution < 1.29 is 14.7 Å². The second-order valence-corrected chi connectivity index (χ2v) is 7.62. The van der Waals surface area contributed by atoms with Gasteiger partial charge in [0.2, 0.25) is 5.91 Å². The molecule has 0 aliphatic rings. The fraction of sp³-hybridized carbons (Fsp3) is 0.150. The van der Waals surface area contributed by atoms with Crippen LogP contribution >= 0.6 is 22.9 Å². The van der Waals surface area contributed by atoms with Crippen LogP contribution in [0.5, 0.6) is 0 Å². The Morgan fingerprint density at radius 2 is 2.07 bits per heavy atom. The van der Waals surface area contributed by atoms with Crippen molar-refractivity contribution >= 4 is 41.0 Å². The maximum Gasteiger partial charge on any atom is 0.337 e. The fourth-order valence-electron chi connectivity index (χ4n) is 2.92. The number of halogens is 1. The number of hydrogen-bond acceptors (Lipinski definition) is 4. The van der Waals surface area contributed by atoms with Crippen LogP contribution < -0.4 is 5.43 Å². The van der Waals surface area contributed by atoms with Crippen molar-refractivity contribution in [3.63, 3.8) is 0 Å². The molecule has 0 unspecified atom stereocenters. The summed E-state index contributed by atoms with van der Waals surface area (Å²) in [4.78, 5) is 24.2. The lowest BCUT2D eigenvalue weighted by atomic mass is 10.2. The van der Waals surface area contributed by atoms with E-state index in [9.17, 15) is 14.7 Å². The van der Waals surface area contributed by atoms with Crippen LogP contribution in [0.2, 0.25) is 5.02 Å². The van der Waals surface area contributed by atoms with E-state index in [1.165, 1.54) is 17.4 Å². The van der Waals surface area contributed by atoms with Gasteiger partial charge in [-0.15, -0.1) is 11.3 Å². The second kappa shape index (κ2) is 8.41. The number of nitrogens with zero attached hydrogens (tertiary/aromatic N) is 2. The first-order valence-corrected chi connectivity index (χ1v) is 9.69. The molecule has 2 heterocycles. The van der Waals surface area contributed by atoms with E-state index in [4.69, 9.17) is 11.6 Å². The van der Waals surface area contributed by atoms with Crippen LogP contribution in [0.1, 0.15) is 32.2 Å². The lowest BCUT2D eigenvalue weighted by Crippen LogP contribution is -2.19. The Morgan fingerprint density at radius 1 is 1.29 bits per heavy atom. The maximum absolute atomic E-state index is 11.9. The summed E-state index contributed by atoms with van der Waals surface area (Å²) in [6.07, 6.45) is 1.87. The van der Waals surface area contributed by atoms with Gasteiger partial charge in [0.25, 0.3) is 0 Å². The van der Waals surface area contributed by atoms with Crippen molar-refractivity contribution in [3.05, 3.63) is 74.2 Å². The quantitative estimate of drug-likeness (QED) is 0.467. The molecule has 0 saturated carbocycles. The summed E-state index contributed by atoms with van der Waals surface area (Å²) in [6, 6.07) is 10.6. The molecule has 1 amide bonds. The fourth-order valence-corrected chi connectivity index (χ4v) is 3.82. The third kappa shape index (κ3) is 4.32. The zero-order valence-electron chi connectivity index (χ0n) is 15.3. The molecule has 2 aromatic heterocycles. The first-order valence-electron chi connectivity index (χ1n) is 8.43. The van der Waals surface area contributed by atoms with Gasteiger partial charge in [0, 0.05) is 27.5 Å². The minimum absolute atomic E-state index is 0.0442. The Kier molecular flexibility index (Phi) is 5.96. The first-order chi connectivity index (χ1) is 13.4. The number of aromatic carboxylic acids is 1. The number of rotatable bonds is 6. The van der Waals surface area contributed by atoms with E-state index in [0.29, 0.717) is 5.69 Å². The molecular formula is C20H18ClN3O3S. The van der Waals surface area contributed by atoms with Crippen molar-refractivity contribution in [3.8, 4) is 5.69 Å². The van der Waals surface area contributed by atoms with E-state index in [-0.39, 0.29) is 22.9 Å². The number of thiophene rings is 1. The summed E-state index contributed by atoms with van der Waals surface area (Å²) >= 11 is 7.48. The second-order valence-electron chi connectivity index (χ2n) is 6.18. The molecule has 8 heteroatoms. The standard InChI is InChI=1S/C20H18ClN3O3S/c1-12-8-14(11-22-23-19(25)10-16-4-3-7-28-16)13(2)24(12)15-5-6-18(21)17(9-15)20(26)27/h3-9,11H,10H2,1-2H3,(H,23,25)(H,26,27)/b22-11-. The molecule has 0 aliphatic carbocycles. The predicted molar refractivity (Wildman–Crippen MR) is 111 cm³/mol. The number of amides is 1. The highest BCUT2D eigenvalue weighted by molar-refractivity contribution is 7.10. The van der Waals surface area contributed by atoms with Crippen LogP contribution in [0.4, 0.5) is 0 Å². The number of hydrogen-bond donors (Lipinski definition) is 2. The molecule has 0 spiro atoms. The third-order valence-corrected chi connectivity index (χ3v) is 5.42. The number of carbonyl (C=O) groups is 2. The number of nitrogens with one attached hydrogen (secondary N) is 1. The highest BCUT2D eigenvalue weighted by Gasteiger charge is 2.14. The molecule has 1 aromatic carbocycles. The number of aryl methyl sites for hydroxylation is 1. The third-order valence-electron chi connectivity index (χ3n) is 4.22. The van der Waals surface area contributed by atoms with E-state index >= 15 is 0 Å². The summed E-state index contributed by atoms with van der Waals surface area (Å²) in [6.45, 7) is 3.81. The van der Waals surface area contributed by atoms with Gasteiger partial charge < -0.3 is 9.67 Å². The van der Waals surface area contributed by atoms with E-state index < -0.39 is 5.97 Å². The molecule has 3 rings (SSSR count). The van der Waals surface area contributed by atoms with E-state index in [1.54, 1.807) is 18.3 Å². The Labute approximate surface area is 171 Å². The minimum atomic E-state index is -1.08. The van der Waals surface area contributed by atoms with E-state index in [1.807, 2.05) is 42.0 Å². The van der Waals surface area contributed by atoms with Crippen LogP contribution in [0.3, 0.4) is 0 Å². The Balaban J connectivity index is 1.79. The number of benzene rings is 1. The number of hydrazone groups is 1. The summed E-state index contributed by atoms with van der Waals surface area (Å²) < 4.78 is 1.91. The zero-order valence-corrected chi connectivity index (χ0v) is 16.8. The zero-order chi connectivity index (χ0) is 20.3. The van der Waals surface area contributed by atoms with Crippen LogP contribution in [-0.2, 0) is 11.2 Å². The molecule has 3 aromatic rings. The molecule has 0 radical (unpaired) electrons. The van der Waals surface area contributed by atoms with Gasteiger partial charge >= 0.3 is 5.97 Å². The summed E-state index contributed by atoms with van der Waals surface area (Å²) in [5.41, 5.74) is 5.86. The molecule has 6 nitrogen and oxygen atoms in total. The average molecular weight is 416 g/mol. The molecule has 0 atom stereocenters. The molecule has 0 aliphatic heterocycles. The van der Waals surface area contributed by atoms with E-state index in [0.717, 1.165) is 21.8 Å². The number of aromatic nitrogens is 1. The monoisotopic (exact) mass is 415 g/mol. The topological polar surface area (TPSA) is 83.7 Å². The number of carbonyl (C=O) groups excluding carboxylic acids is 1. The Bertz CT molecular complexity index is 1060. The van der Waals surface area contributed by atoms with Crippen molar-refractivity contribution in [1.82, 2.24) is 9.99 Å². The Hall–Kier alpha value is -2.90. The normalized spacial score (nSPS) is 11.1. The number of carboxylic acid groups (broad SMARTS) is 1. The van der Waals surface area contributed by atoms with Gasteiger partial charge in [-0.1, -0.05) is 17.7 Å². The molecular weight excluding hydrogens is 398 g/mol. The van der Waals surface area contributed by atoms with Gasteiger partial charge in [0.05, 0.1) is 23.2 Å². The van der Waals surface area contributed by atoms with Crippen LogP contribution in [-0.4, -0.2) is 27.8 Å².